The summed E-state index contributed by atoms with van der Waals surface area (Å²) in [5.74, 6) is 0.593. The minimum absolute atomic E-state index is 0.0170. The molecule has 1 N–H and O–H groups in total. The van der Waals surface area contributed by atoms with Crippen LogP contribution in [-0.4, -0.2) is 23.5 Å². The van der Waals surface area contributed by atoms with Gasteiger partial charge in [0.2, 0.25) is 0 Å². The van der Waals surface area contributed by atoms with Gasteiger partial charge in [0.15, 0.2) is 5.03 Å². The molecule has 0 bridgehead atoms. The Labute approximate surface area is 126 Å². The standard InChI is InChI=1S/C14H22N4O2S/c1-3-12-5-7-14(10-15,8-6-12)17-21(19,20)13-9-18(4-2)11-16-13/h9,11-12,17H,3-8H2,1-2H3. The number of imidazole rings is 1. The van der Waals surface area contributed by atoms with Crippen molar-refractivity contribution in [3.63, 3.8) is 0 Å². The maximum atomic E-state index is 12.4. The summed E-state index contributed by atoms with van der Waals surface area (Å²) < 4.78 is 29.1. The molecular formula is C14H22N4O2S. The van der Waals surface area contributed by atoms with Gasteiger partial charge < -0.3 is 4.57 Å². The van der Waals surface area contributed by atoms with Gasteiger partial charge in [-0.25, -0.2) is 13.4 Å². The lowest BCUT2D eigenvalue weighted by atomic mass is 9.77. The fourth-order valence-corrected chi connectivity index (χ4v) is 4.10. The molecule has 2 rings (SSSR count). The Morgan fingerprint density at radius 2 is 2.14 bits per heavy atom. The molecule has 1 aromatic heterocycles. The molecule has 0 radical (unpaired) electrons. The number of nitriles is 1. The molecule has 0 saturated heterocycles. The van der Waals surface area contributed by atoms with Gasteiger partial charge >= 0.3 is 0 Å². The summed E-state index contributed by atoms with van der Waals surface area (Å²) in [6.07, 6.45) is 6.96. The summed E-state index contributed by atoms with van der Waals surface area (Å²) in [6, 6.07) is 2.18. The number of rotatable bonds is 5. The van der Waals surface area contributed by atoms with Crippen LogP contribution in [0.2, 0.25) is 0 Å². The molecule has 7 heteroatoms. The zero-order valence-corrected chi connectivity index (χ0v) is 13.4. The highest BCUT2D eigenvalue weighted by atomic mass is 32.2. The summed E-state index contributed by atoms with van der Waals surface area (Å²) in [4.78, 5) is 3.92. The van der Waals surface area contributed by atoms with Gasteiger partial charge in [0.1, 0.15) is 5.54 Å². The zero-order valence-electron chi connectivity index (χ0n) is 12.5. The number of hydrogen-bond donors (Lipinski definition) is 1. The Morgan fingerprint density at radius 1 is 1.48 bits per heavy atom. The Balaban J connectivity index is 2.16. The normalized spacial score (nSPS) is 26.4. The topological polar surface area (TPSA) is 87.8 Å². The lowest BCUT2D eigenvalue weighted by molar-refractivity contribution is 0.259. The van der Waals surface area contributed by atoms with Gasteiger partial charge in [-0.3, -0.25) is 0 Å². The Hall–Kier alpha value is -1.39. The Bertz CT molecular complexity index is 622. The highest BCUT2D eigenvalue weighted by Crippen LogP contribution is 2.34. The van der Waals surface area contributed by atoms with Gasteiger partial charge in [-0.15, -0.1) is 0 Å². The summed E-state index contributed by atoms with van der Waals surface area (Å²) in [6.45, 7) is 4.70. The Kier molecular flexibility index (Phi) is 4.69. The maximum absolute atomic E-state index is 12.4. The molecule has 1 fully saturated rings. The fraction of sp³-hybridized carbons (Fsp3) is 0.714. The van der Waals surface area contributed by atoms with Crippen molar-refractivity contribution in [3.05, 3.63) is 12.5 Å². The van der Waals surface area contributed by atoms with Gasteiger partial charge in [0.25, 0.3) is 10.0 Å². The maximum Gasteiger partial charge on any atom is 0.260 e. The van der Waals surface area contributed by atoms with Crippen LogP contribution in [0.1, 0.15) is 46.0 Å². The van der Waals surface area contributed by atoms with Crippen LogP contribution < -0.4 is 4.72 Å². The Morgan fingerprint density at radius 3 is 2.62 bits per heavy atom. The monoisotopic (exact) mass is 310 g/mol. The zero-order chi connectivity index (χ0) is 15.5. The number of aromatic nitrogens is 2. The first-order chi connectivity index (χ1) is 9.94. The van der Waals surface area contributed by atoms with Crippen molar-refractivity contribution >= 4 is 10.0 Å². The molecule has 0 aliphatic heterocycles. The van der Waals surface area contributed by atoms with Gasteiger partial charge in [-0.1, -0.05) is 13.3 Å². The van der Waals surface area contributed by atoms with E-state index in [0.29, 0.717) is 25.3 Å². The largest absolute Gasteiger partial charge is 0.336 e. The van der Waals surface area contributed by atoms with E-state index in [2.05, 4.69) is 22.7 Å². The number of nitrogens with zero attached hydrogens (tertiary/aromatic N) is 3. The van der Waals surface area contributed by atoms with Gasteiger partial charge in [-0.2, -0.15) is 9.98 Å². The van der Waals surface area contributed by atoms with Gasteiger partial charge in [0.05, 0.1) is 12.4 Å². The molecule has 1 aliphatic rings. The van der Waals surface area contributed by atoms with E-state index in [0.717, 1.165) is 19.3 Å². The minimum atomic E-state index is -3.75. The van der Waals surface area contributed by atoms with Crippen molar-refractivity contribution in [1.82, 2.24) is 14.3 Å². The van der Waals surface area contributed by atoms with Crippen LogP contribution in [-0.2, 0) is 16.6 Å². The minimum Gasteiger partial charge on any atom is -0.336 e. The SMILES string of the molecule is CCC1CCC(C#N)(NS(=O)(=O)c2cn(CC)cn2)CC1. The molecule has 0 spiro atoms. The highest BCUT2D eigenvalue weighted by molar-refractivity contribution is 7.89. The lowest BCUT2D eigenvalue weighted by Crippen LogP contribution is -2.49. The van der Waals surface area contributed by atoms with Crippen molar-refractivity contribution in [1.29, 1.82) is 5.26 Å². The third-order valence-electron chi connectivity index (χ3n) is 4.33. The molecule has 0 unspecified atom stereocenters. The van der Waals surface area contributed by atoms with E-state index in [9.17, 15) is 13.7 Å². The average molecular weight is 310 g/mol. The van der Waals surface area contributed by atoms with E-state index in [1.165, 1.54) is 12.5 Å². The molecule has 1 saturated carbocycles. The van der Waals surface area contributed by atoms with Crippen molar-refractivity contribution in [2.45, 2.75) is 63.1 Å². The predicted molar refractivity (Wildman–Crippen MR) is 78.8 cm³/mol. The van der Waals surface area contributed by atoms with Crippen molar-refractivity contribution in [3.8, 4) is 6.07 Å². The highest BCUT2D eigenvalue weighted by Gasteiger charge is 2.39. The number of sulfonamides is 1. The van der Waals surface area contributed by atoms with E-state index in [1.54, 1.807) is 4.57 Å². The van der Waals surface area contributed by atoms with E-state index in [4.69, 9.17) is 0 Å². The molecule has 0 amide bonds. The molecule has 0 aromatic carbocycles. The molecule has 1 heterocycles. The number of hydrogen-bond acceptors (Lipinski definition) is 4. The third kappa shape index (κ3) is 3.44. The van der Waals surface area contributed by atoms with Crippen LogP contribution in [0.5, 0.6) is 0 Å². The molecule has 21 heavy (non-hydrogen) atoms. The van der Waals surface area contributed by atoms with Crippen molar-refractivity contribution < 1.29 is 8.42 Å². The smallest absolute Gasteiger partial charge is 0.260 e. The third-order valence-corrected chi connectivity index (χ3v) is 5.75. The van der Waals surface area contributed by atoms with E-state index in [-0.39, 0.29) is 5.03 Å². The van der Waals surface area contributed by atoms with Crippen LogP contribution in [0.15, 0.2) is 17.6 Å². The van der Waals surface area contributed by atoms with E-state index >= 15 is 0 Å². The first kappa shape index (κ1) is 16.0. The molecule has 6 nitrogen and oxygen atoms in total. The second-order valence-corrected chi connectivity index (χ2v) is 7.32. The van der Waals surface area contributed by atoms with Crippen LogP contribution in [0, 0.1) is 17.2 Å². The van der Waals surface area contributed by atoms with E-state index < -0.39 is 15.6 Å². The van der Waals surface area contributed by atoms with Crippen LogP contribution in [0.3, 0.4) is 0 Å². The predicted octanol–water partition coefficient (Wildman–Crippen LogP) is 2.04. The lowest BCUT2D eigenvalue weighted by Gasteiger charge is -2.34. The summed E-state index contributed by atoms with van der Waals surface area (Å²) in [5.41, 5.74) is -0.986. The first-order valence-corrected chi connectivity index (χ1v) is 8.90. The quantitative estimate of drug-likeness (QED) is 0.901. The molecule has 1 aliphatic carbocycles. The van der Waals surface area contributed by atoms with Crippen molar-refractivity contribution in [2.75, 3.05) is 0 Å². The number of nitrogens with one attached hydrogen (secondary N) is 1. The summed E-state index contributed by atoms with van der Waals surface area (Å²) in [7, 11) is -3.75. The van der Waals surface area contributed by atoms with E-state index in [1.807, 2.05) is 6.92 Å². The number of aryl methyl sites for hydroxylation is 1. The first-order valence-electron chi connectivity index (χ1n) is 7.41. The summed E-state index contributed by atoms with van der Waals surface area (Å²) >= 11 is 0. The molecule has 116 valence electrons. The second-order valence-electron chi connectivity index (χ2n) is 5.69. The van der Waals surface area contributed by atoms with Crippen LogP contribution in [0.25, 0.3) is 0 Å². The fourth-order valence-electron chi connectivity index (χ4n) is 2.78. The van der Waals surface area contributed by atoms with Crippen LogP contribution in [0.4, 0.5) is 0 Å². The van der Waals surface area contributed by atoms with Gasteiger partial charge in [-0.05, 0) is 38.5 Å². The average Bonchev–Trinajstić information content (AvgIpc) is 2.97. The molecular weight excluding hydrogens is 288 g/mol. The van der Waals surface area contributed by atoms with Crippen LogP contribution >= 0.6 is 0 Å². The summed E-state index contributed by atoms with van der Waals surface area (Å²) in [5, 5.41) is 9.44. The molecule has 0 atom stereocenters. The van der Waals surface area contributed by atoms with Crippen molar-refractivity contribution in [2.24, 2.45) is 5.92 Å². The van der Waals surface area contributed by atoms with Gasteiger partial charge in [0, 0.05) is 12.7 Å². The molecule has 1 aromatic rings. The second kappa shape index (κ2) is 6.16.